The van der Waals surface area contributed by atoms with E-state index in [1.54, 1.807) is 11.0 Å². The number of halogens is 3. The van der Waals surface area contributed by atoms with Crippen LogP contribution < -0.4 is 5.32 Å². The molecule has 6 nitrogen and oxygen atoms in total. The maximum atomic E-state index is 13.5. The van der Waals surface area contributed by atoms with Crippen molar-refractivity contribution < 1.29 is 22.7 Å². The molecule has 0 aliphatic carbocycles. The van der Waals surface area contributed by atoms with E-state index in [0.29, 0.717) is 37.5 Å². The molecule has 0 unspecified atom stereocenters. The van der Waals surface area contributed by atoms with Crippen LogP contribution in [0.4, 0.5) is 19.0 Å². The Balaban J connectivity index is 1.86. The zero-order valence-corrected chi connectivity index (χ0v) is 15.1. The standard InChI is InChI=1S/C17H25F3N4O2/c1-3-11-9-14(17(18,19)20)24-15(21-11)10-12(22-24)13-5-4-7-23(13)16(25)6-8-26-2/h10-11,13-14,21H,3-9H2,1-2H3/t11-,13+,14-/m1/s1. The van der Waals surface area contributed by atoms with Crippen molar-refractivity contribution in [1.82, 2.24) is 14.7 Å². The zero-order valence-electron chi connectivity index (χ0n) is 15.1. The van der Waals surface area contributed by atoms with Gasteiger partial charge in [-0.25, -0.2) is 4.68 Å². The highest BCUT2D eigenvalue weighted by Gasteiger charge is 2.46. The number of ether oxygens (including phenoxy) is 1. The van der Waals surface area contributed by atoms with Crippen molar-refractivity contribution in [3.63, 3.8) is 0 Å². The molecule has 1 N–H and O–H groups in total. The largest absolute Gasteiger partial charge is 0.410 e. The first kappa shape index (κ1) is 19.0. The minimum absolute atomic E-state index is 0.0325. The number of hydrogen-bond acceptors (Lipinski definition) is 4. The minimum atomic E-state index is -4.35. The number of carbonyl (C=O) groups is 1. The van der Waals surface area contributed by atoms with Gasteiger partial charge >= 0.3 is 6.18 Å². The molecule has 1 saturated heterocycles. The van der Waals surface area contributed by atoms with Gasteiger partial charge in [-0.1, -0.05) is 6.92 Å². The van der Waals surface area contributed by atoms with Gasteiger partial charge in [-0.3, -0.25) is 4.79 Å². The molecule has 0 bridgehead atoms. The topological polar surface area (TPSA) is 59.4 Å². The van der Waals surface area contributed by atoms with Crippen molar-refractivity contribution in [3.8, 4) is 0 Å². The van der Waals surface area contributed by atoms with Crippen molar-refractivity contribution in [1.29, 1.82) is 0 Å². The maximum absolute atomic E-state index is 13.5. The van der Waals surface area contributed by atoms with E-state index in [9.17, 15) is 18.0 Å². The molecule has 0 spiro atoms. The highest BCUT2D eigenvalue weighted by atomic mass is 19.4. The van der Waals surface area contributed by atoms with Crippen LogP contribution in [0.15, 0.2) is 6.07 Å². The number of carbonyl (C=O) groups excluding carboxylic acids is 1. The molecule has 2 aliphatic heterocycles. The number of nitrogens with one attached hydrogen (secondary N) is 1. The Hall–Kier alpha value is -1.77. The quantitative estimate of drug-likeness (QED) is 0.859. The second-order valence-corrected chi connectivity index (χ2v) is 6.93. The van der Waals surface area contributed by atoms with Gasteiger partial charge in [-0.15, -0.1) is 0 Å². The summed E-state index contributed by atoms with van der Waals surface area (Å²) in [5.41, 5.74) is 0.529. The highest BCUT2D eigenvalue weighted by molar-refractivity contribution is 5.77. The SMILES string of the molecule is CC[C@@H]1C[C@H](C(F)(F)F)n2nc([C@@H]3CCCN3C(=O)CCOC)cc2N1. The van der Waals surface area contributed by atoms with Gasteiger partial charge in [0.15, 0.2) is 6.04 Å². The first-order valence-electron chi connectivity index (χ1n) is 9.06. The van der Waals surface area contributed by atoms with Crippen molar-refractivity contribution in [3.05, 3.63) is 11.8 Å². The van der Waals surface area contributed by atoms with E-state index in [0.717, 1.165) is 11.1 Å². The molecule has 3 rings (SSSR count). The predicted molar refractivity (Wildman–Crippen MR) is 89.8 cm³/mol. The van der Waals surface area contributed by atoms with Crippen LogP contribution in [0.5, 0.6) is 0 Å². The lowest BCUT2D eigenvalue weighted by Crippen LogP contribution is -2.39. The Morgan fingerprint density at radius 3 is 2.88 bits per heavy atom. The highest BCUT2D eigenvalue weighted by Crippen LogP contribution is 2.42. The summed E-state index contributed by atoms with van der Waals surface area (Å²) in [4.78, 5) is 14.1. The average molecular weight is 374 g/mol. The molecule has 0 aromatic carbocycles. The van der Waals surface area contributed by atoms with Gasteiger partial charge < -0.3 is 15.0 Å². The number of hydrogen-bond donors (Lipinski definition) is 1. The van der Waals surface area contributed by atoms with Crippen LogP contribution in [0.25, 0.3) is 0 Å². The third-order valence-corrected chi connectivity index (χ3v) is 5.21. The van der Waals surface area contributed by atoms with Crippen LogP contribution in [0.1, 0.15) is 56.8 Å². The number of aromatic nitrogens is 2. The van der Waals surface area contributed by atoms with Crippen LogP contribution in [0, 0.1) is 0 Å². The molecule has 3 heterocycles. The van der Waals surface area contributed by atoms with Crippen molar-refractivity contribution in [2.45, 2.75) is 63.3 Å². The van der Waals surface area contributed by atoms with E-state index >= 15 is 0 Å². The molecule has 146 valence electrons. The van der Waals surface area contributed by atoms with Crippen LogP contribution >= 0.6 is 0 Å². The Kier molecular flexibility index (Phi) is 5.45. The monoisotopic (exact) mass is 374 g/mol. The Bertz CT molecular complexity index is 646. The molecule has 26 heavy (non-hydrogen) atoms. The van der Waals surface area contributed by atoms with Crippen LogP contribution in [0.3, 0.4) is 0 Å². The van der Waals surface area contributed by atoms with Gasteiger partial charge in [0.1, 0.15) is 5.82 Å². The van der Waals surface area contributed by atoms with Gasteiger partial charge in [-0.2, -0.15) is 18.3 Å². The smallest absolute Gasteiger partial charge is 0.384 e. The Morgan fingerprint density at radius 1 is 1.46 bits per heavy atom. The third kappa shape index (κ3) is 3.67. The molecular weight excluding hydrogens is 349 g/mol. The van der Waals surface area contributed by atoms with Gasteiger partial charge in [0.05, 0.1) is 24.8 Å². The molecule has 3 atom stereocenters. The van der Waals surface area contributed by atoms with E-state index in [4.69, 9.17) is 4.74 Å². The number of methoxy groups -OCH3 is 1. The van der Waals surface area contributed by atoms with E-state index in [1.807, 2.05) is 6.92 Å². The van der Waals surface area contributed by atoms with Gasteiger partial charge in [0.2, 0.25) is 5.91 Å². The number of amides is 1. The lowest BCUT2D eigenvalue weighted by molar-refractivity contribution is -0.173. The molecule has 1 amide bonds. The predicted octanol–water partition coefficient (Wildman–Crippen LogP) is 3.28. The first-order chi connectivity index (χ1) is 12.3. The summed E-state index contributed by atoms with van der Waals surface area (Å²) < 4.78 is 46.5. The second kappa shape index (κ2) is 7.46. The first-order valence-corrected chi connectivity index (χ1v) is 9.06. The summed E-state index contributed by atoms with van der Waals surface area (Å²) in [6.07, 6.45) is -1.98. The molecule has 1 aromatic rings. The van der Waals surface area contributed by atoms with Crippen LogP contribution in [0.2, 0.25) is 0 Å². The number of anilines is 1. The van der Waals surface area contributed by atoms with Gasteiger partial charge in [0, 0.05) is 25.8 Å². The molecule has 0 radical (unpaired) electrons. The Labute approximate surface area is 150 Å². The Morgan fingerprint density at radius 2 is 2.23 bits per heavy atom. The summed E-state index contributed by atoms with van der Waals surface area (Å²) in [5.74, 6) is 0.337. The minimum Gasteiger partial charge on any atom is -0.384 e. The molecule has 1 fully saturated rings. The van der Waals surface area contributed by atoms with E-state index in [-0.39, 0.29) is 30.8 Å². The lowest BCUT2D eigenvalue weighted by Gasteiger charge is -2.32. The van der Waals surface area contributed by atoms with E-state index < -0.39 is 12.2 Å². The van der Waals surface area contributed by atoms with Crippen molar-refractivity contribution in [2.75, 3.05) is 25.6 Å². The summed E-state index contributed by atoms with van der Waals surface area (Å²) in [6, 6.07) is -0.459. The van der Waals surface area contributed by atoms with E-state index in [1.165, 1.54) is 7.11 Å². The maximum Gasteiger partial charge on any atom is 0.410 e. The number of nitrogens with zero attached hydrogens (tertiary/aromatic N) is 3. The summed E-state index contributed by atoms with van der Waals surface area (Å²) >= 11 is 0. The zero-order chi connectivity index (χ0) is 18.9. The lowest BCUT2D eigenvalue weighted by atomic mass is 10.0. The number of fused-ring (bicyclic) bond motifs is 1. The molecule has 9 heteroatoms. The summed E-state index contributed by atoms with van der Waals surface area (Å²) in [6.45, 7) is 2.80. The van der Waals surface area contributed by atoms with Crippen molar-refractivity contribution in [2.24, 2.45) is 0 Å². The fourth-order valence-electron chi connectivity index (χ4n) is 3.81. The molecule has 2 aliphatic rings. The van der Waals surface area contributed by atoms with Gasteiger partial charge in [-0.05, 0) is 25.7 Å². The summed E-state index contributed by atoms with van der Waals surface area (Å²) in [7, 11) is 1.53. The fourth-order valence-corrected chi connectivity index (χ4v) is 3.81. The fraction of sp³-hybridized carbons (Fsp3) is 0.765. The number of likely N-dealkylation sites (tertiary alicyclic amines) is 1. The normalized spacial score (nSPS) is 25.9. The second-order valence-electron chi connectivity index (χ2n) is 6.93. The molecule has 1 aromatic heterocycles. The average Bonchev–Trinajstić information content (AvgIpc) is 3.23. The van der Waals surface area contributed by atoms with Crippen LogP contribution in [-0.2, 0) is 9.53 Å². The molecular formula is C17H25F3N4O2. The van der Waals surface area contributed by atoms with Gasteiger partial charge in [0.25, 0.3) is 0 Å². The van der Waals surface area contributed by atoms with E-state index in [2.05, 4.69) is 10.4 Å². The summed E-state index contributed by atoms with van der Waals surface area (Å²) in [5, 5.41) is 7.42. The number of alkyl halides is 3. The number of rotatable bonds is 5. The third-order valence-electron chi connectivity index (χ3n) is 5.21. The van der Waals surface area contributed by atoms with Crippen LogP contribution in [-0.4, -0.2) is 53.1 Å². The van der Waals surface area contributed by atoms with Crippen molar-refractivity contribution >= 4 is 11.7 Å². The molecule has 0 saturated carbocycles.